The molecule has 2 aromatic rings. The molecule has 2 rings (SSSR count). The van der Waals surface area contributed by atoms with Crippen LogP contribution in [0.2, 0.25) is 0 Å². The van der Waals surface area contributed by atoms with Crippen LogP contribution in [0.1, 0.15) is 50.7 Å². The Morgan fingerprint density at radius 2 is 1.24 bits per heavy atom. The van der Waals surface area contributed by atoms with E-state index in [4.69, 9.17) is 4.52 Å². The van der Waals surface area contributed by atoms with Crippen molar-refractivity contribution in [2.45, 2.75) is 48.5 Å². The molecule has 0 radical (unpaired) electrons. The van der Waals surface area contributed by atoms with Crippen molar-refractivity contribution in [2.75, 3.05) is 6.61 Å². The average Bonchev–Trinajstić information content (AvgIpc) is 2.44. The van der Waals surface area contributed by atoms with Crippen molar-refractivity contribution in [1.29, 1.82) is 0 Å². The Labute approximate surface area is 150 Å². The molecule has 0 saturated carbocycles. The number of rotatable bonds is 5. The van der Waals surface area contributed by atoms with Gasteiger partial charge in [-0.15, -0.1) is 0 Å². The van der Waals surface area contributed by atoms with Crippen LogP contribution in [0.4, 0.5) is 0 Å². The third-order valence-electron chi connectivity index (χ3n) is 4.40. The minimum Gasteiger partial charge on any atom is -0.320 e. The fourth-order valence-electron chi connectivity index (χ4n) is 3.71. The van der Waals surface area contributed by atoms with E-state index in [9.17, 15) is 9.36 Å². The molecule has 0 aliphatic heterocycles. The predicted octanol–water partition coefficient (Wildman–Crippen LogP) is 5.32. The van der Waals surface area contributed by atoms with Crippen LogP contribution in [0.3, 0.4) is 0 Å². The minimum atomic E-state index is -3.69. The standard InChI is InChI=1S/C21H27O3P/c1-8-24-25(23,20-17(6)11-14(3)12-18(20)7)21(22)19-15(4)9-13(2)10-16(19)5/h9-12H,8H2,1-7H3. The van der Waals surface area contributed by atoms with Gasteiger partial charge in [0.25, 0.3) is 5.52 Å². The van der Waals surface area contributed by atoms with Crippen LogP contribution >= 0.6 is 7.37 Å². The molecule has 134 valence electrons. The third-order valence-corrected chi connectivity index (χ3v) is 7.07. The predicted molar refractivity (Wildman–Crippen MR) is 105 cm³/mol. The first-order chi connectivity index (χ1) is 11.6. The number of hydrogen-bond donors (Lipinski definition) is 0. The highest BCUT2D eigenvalue weighted by atomic mass is 31.2. The van der Waals surface area contributed by atoms with Gasteiger partial charge < -0.3 is 4.52 Å². The van der Waals surface area contributed by atoms with E-state index < -0.39 is 12.9 Å². The summed E-state index contributed by atoms with van der Waals surface area (Å²) in [6.07, 6.45) is 0. The van der Waals surface area contributed by atoms with Gasteiger partial charge in [0.1, 0.15) is 0 Å². The fraction of sp³-hybridized carbons (Fsp3) is 0.381. The Hall–Kier alpha value is -1.70. The topological polar surface area (TPSA) is 43.4 Å². The molecule has 0 spiro atoms. The Balaban J connectivity index is 2.74. The maximum atomic E-state index is 13.9. The van der Waals surface area contributed by atoms with Crippen molar-refractivity contribution in [3.8, 4) is 0 Å². The lowest BCUT2D eigenvalue weighted by atomic mass is 10.0. The van der Waals surface area contributed by atoms with Gasteiger partial charge in [-0.1, -0.05) is 35.4 Å². The molecule has 0 amide bonds. The van der Waals surface area contributed by atoms with Crippen LogP contribution < -0.4 is 5.30 Å². The highest BCUT2D eigenvalue weighted by molar-refractivity contribution is 7.83. The van der Waals surface area contributed by atoms with Crippen molar-refractivity contribution in [2.24, 2.45) is 0 Å². The molecule has 0 saturated heterocycles. The van der Waals surface area contributed by atoms with E-state index >= 15 is 0 Å². The van der Waals surface area contributed by atoms with Gasteiger partial charge >= 0.3 is 7.37 Å². The van der Waals surface area contributed by atoms with Crippen LogP contribution in [-0.4, -0.2) is 12.1 Å². The second kappa shape index (κ2) is 7.27. The van der Waals surface area contributed by atoms with E-state index in [-0.39, 0.29) is 6.61 Å². The maximum absolute atomic E-state index is 13.9. The zero-order chi connectivity index (χ0) is 18.9. The number of carbonyl (C=O) groups excluding carboxylic acids is 1. The van der Waals surface area contributed by atoms with E-state index in [1.807, 2.05) is 65.8 Å². The molecule has 3 nitrogen and oxygen atoms in total. The van der Waals surface area contributed by atoms with Crippen LogP contribution in [0, 0.1) is 41.5 Å². The van der Waals surface area contributed by atoms with E-state index in [1.54, 1.807) is 6.92 Å². The molecular formula is C21H27O3P. The maximum Gasteiger partial charge on any atom is 0.301 e. The van der Waals surface area contributed by atoms with Crippen LogP contribution in [0.5, 0.6) is 0 Å². The van der Waals surface area contributed by atoms with Crippen molar-refractivity contribution >= 4 is 18.2 Å². The summed E-state index contributed by atoms with van der Waals surface area (Å²) in [5.74, 6) is 0. The van der Waals surface area contributed by atoms with Crippen LogP contribution in [-0.2, 0) is 9.09 Å². The molecule has 1 atom stereocenters. The summed E-state index contributed by atoms with van der Waals surface area (Å²) in [5.41, 5.74) is 5.63. The fourth-order valence-corrected chi connectivity index (χ4v) is 6.23. The first-order valence-corrected chi connectivity index (χ1v) is 10.2. The van der Waals surface area contributed by atoms with Gasteiger partial charge in [0.2, 0.25) is 0 Å². The number of aryl methyl sites for hydroxylation is 6. The zero-order valence-electron chi connectivity index (χ0n) is 16.2. The Morgan fingerprint density at radius 1 is 0.840 bits per heavy atom. The first kappa shape index (κ1) is 19.6. The molecule has 4 heteroatoms. The molecule has 0 N–H and O–H groups in total. The van der Waals surface area contributed by atoms with Gasteiger partial charge in [-0.25, -0.2) is 0 Å². The van der Waals surface area contributed by atoms with Gasteiger partial charge in [-0.05, 0) is 70.7 Å². The van der Waals surface area contributed by atoms with E-state index in [0.717, 1.165) is 33.4 Å². The quantitative estimate of drug-likeness (QED) is 0.680. The van der Waals surface area contributed by atoms with Gasteiger partial charge in [0.15, 0.2) is 0 Å². The molecule has 25 heavy (non-hydrogen) atoms. The monoisotopic (exact) mass is 358 g/mol. The summed E-state index contributed by atoms with van der Waals surface area (Å²) < 4.78 is 19.6. The zero-order valence-corrected chi connectivity index (χ0v) is 17.1. The summed E-state index contributed by atoms with van der Waals surface area (Å²) >= 11 is 0. The lowest BCUT2D eigenvalue weighted by Crippen LogP contribution is -2.22. The van der Waals surface area contributed by atoms with Gasteiger partial charge in [0, 0.05) is 5.56 Å². The summed E-state index contributed by atoms with van der Waals surface area (Å²) in [6, 6.07) is 7.81. The molecule has 0 bridgehead atoms. The second-order valence-corrected chi connectivity index (χ2v) is 9.01. The summed E-state index contributed by atoms with van der Waals surface area (Å²) in [6.45, 7) is 13.5. The molecule has 0 aliphatic carbocycles. The molecule has 0 aliphatic rings. The lowest BCUT2D eigenvalue weighted by Gasteiger charge is -2.23. The SMILES string of the molecule is CCOP(=O)(C(=O)c1c(C)cc(C)cc1C)c1c(C)cc(C)cc1C. The largest absolute Gasteiger partial charge is 0.320 e. The first-order valence-electron chi connectivity index (χ1n) is 8.57. The molecule has 0 aromatic heterocycles. The molecule has 0 fully saturated rings. The number of benzene rings is 2. The molecule has 1 unspecified atom stereocenters. The van der Waals surface area contributed by atoms with E-state index in [0.29, 0.717) is 10.9 Å². The highest BCUT2D eigenvalue weighted by Crippen LogP contribution is 2.51. The van der Waals surface area contributed by atoms with Crippen LogP contribution in [0.25, 0.3) is 0 Å². The van der Waals surface area contributed by atoms with E-state index in [2.05, 4.69) is 0 Å². The Kier molecular flexibility index (Phi) is 5.71. The van der Waals surface area contributed by atoms with Crippen molar-refractivity contribution in [1.82, 2.24) is 0 Å². The van der Waals surface area contributed by atoms with Crippen molar-refractivity contribution in [3.63, 3.8) is 0 Å². The Morgan fingerprint density at radius 3 is 1.64 bits per heavy atom. The van der Waals surface area contributed by atoms with Crippen molar-refractivity contribution in [3.05, 3.63) is 63.2 Å². The van der Waals surface area contributed by atoms with Gasteiger partial charge in [0.05, 0.1) is 11.9 Å². The van der Waals surface area contributed by atoms with Crippen molar-refractivity contribution < 1.29 is 13.9 Å². The summed E-state index contributed by atoms with van der Waals surface area (Å²) in [7, 11) is -3.69. The average molecular weight is 358 g/mol. The lowest BCUT2D eigenvalue weighted by molar-refractivity contribution is 0.105. The number of carbonyl (C=O) groups is 1. The number of hydrogen-bond acceptors (Lipinski definition) is 3. The molecule has 0 heterocycles. The minimum absolute atomic E-state index is 0.222. The summed E-state index contributed by atoms with van der Waals surface area (Å²) in [4.78, 5) is 13.4. The summed E-state index contributed by atoms with van der Waals surface area (Å²) in [5, 5.41) is 0.546. The molecule has 2 aromatic carbocycles. The normalized spacial score (nSPS) is 13.6. The van der Waals surface area contributed by atoms with Crippen LogP contribution in [0.15, 0.2) is 24.3 Å². The molecular weight excluding hydrogens is 331 g/mol. The van der Waals surface area contributed by atoms with Gasteiger partial charge in [-0.3, -0.25) is 9.36 Å². The van der Waals surface area contributed by atoms with Gasteiger partial charge in [-0.2, -0.15) is 0 Å². The smallest absolute Gasteiger partial charge is 0.301 e. The van der Waals surface area contributed by atoms with E-state index in [1.165, 1.54) is 0 Å². The highest BCUT2D eigenvalue weighted by Gasteiger charge is 2.39. The third kappa shape index (κ3) is 3.63. The Bertz CT molecular complexity index is 835. The second-order valence-electron chi connectivity index (χ2n) is 6.80.